The third-order valence-electron chi connectivity index (χ3n) is 4.00. The van der Waals surface area contributed by atoms with Crippen molar-refractivity contribution in [3.05, 3.63) is 34.9 Å². The molecule has 1 saturated heterocycles. The van der Waals surface area contributed by atoms with Crippen molar-refractivity contribution in [3.8, 4) is 0 Å². The first-order valence-corrected chi connectivity index (χ1v) is 7.04. The van der Waals surface area contributed by atoms with Gasteiger partial charge in [-0.15, -0.1) is 0 Å². The highest BCUT2D eigenvalue weighted by molar-refractivity contribution is 6.30. The summed E-state index contributed by atoms with van der Waals surface area (Å²) in [6, 6.07) is 7.21. The van der Waals surface area contributed by atoms with E-state index < -0.39 is 11.4 Å². The molecular weight excluding hydrogens is 278 g/mol. The normalized spacial score (nSPS) is 17.8. The molecule has 4 nitrogen and oxygen atoms in total. The van der Waals surface area contributed by atoms with Gasteiger partial charge in [-0.1, -0.05) is 23.7 Å². The standard InChI is InChI=1S/C15H18ClNO3/c1-15(14(19)20)6-8-17(9-7-15)13(18)10-11-2-4-12(16)5-3-11/h2-5H,6-10H2,1H3,(H,19,20). The number of carbonyl (C=O) groups is 2. The molecule has 1 fully saturated rings. The number of benzene rings is 1. The predicted molar refractivity (Wildman–Crippen MR) is 76.7 cm³/mol. The molecule has 0 atom stereocenters. The fourth-order valence-corrected chi connectivity index (χ4v) is 2.48. The molecular formula is C15H18ClNO3. The van der Waals surface area contributed by atoms with E-state index in [1.54, 1.807) is 24.0 Å². The number of carbonyl (C=O) groups excluding carboxylic acids is 1. The zero-order valence-electron chi connectivity index (χ0n) is 11.4. The van der Waals surface area contributed by atoms with Gasteiger partial charge in [0.15, 0.2) is 0 Å². The van der Waals surface area contributed by atoms with Gasteiger partial charge in [0.2, 0.25) is 5.91 Å². The van der Waals surface area contributed by atoms with Gasteiger partial charge in [-0.3, -0.25) is 9.59 Å². The van der Waals surface area contributed by atoms with Crippen molar-refractivity contribution in [2.45, 2.75) is 26.2 Å². The van der Waals surface area contributed by atoms with Crippen molar-refractivity contribution in [1.29, 1.82) is 0 Å². The van der Waals surface area contributed by atoms with Crippen molar-refractivity contribution in [1.82, 2.24) is 4.90 Å². The number of aliphatic carboxylic acids is 1. The second kappa shape index (κ2) is 5.83. The summed E-state index contributed by atoms with van der Waals surface area (Å²) in [5.41, 5.74) is 0.225. The van der Waals surface area contributed by atoms with Gasteiger partial charge in [0.1, 0.15) is 0 Å². The van der Waals surface area contributed by atoms with Gasteiger partial charge in [0.05, 0.1) is 11.8 Å². The van der Waals surface area contributed by atoms with E-state index in [2.05, 4.69) is 0 Å². The molecule has 0 spiro atoms. The second-order valence-corrected chi connectivity index (χ2v) is 5.99. The first kappa shape index (κ1) is 14.9. The van der Waals surface area contributed by atoms with Gasteiger partial charge in [-0.05, 0) is 37.5 Å². The molecule has 1 heterocycles. The van der Waals surface area contributed by atoms with Crippen LogP contribution in [0.5, 0.6) is 0 Å². The summed E-state index contributed by atoms with van der Waals surface area (Å²) < 4.78 is 0. The van der Waals surface area contributed by atoms with E-state index in [0.29, 0.717) is 37.4 Å². The summed E-state index contributed by atoms with van der Waals surface area (Å²) in [6.07, 6.45) is 1.35. The zero-order chi connectivity index (χ0) is 14.8. The average Bonchev–Trinajstić information content (AvgIpc) is 2.42. The van der Waals surface area contributed by atoms with Gasteiger partial charge < -0.3 is 10.0 Å². The number of rotatable bonds is 3. The predicted octanol–water partition coefficient (Wildman–Crippen LogP) is 2.60. The Kier molecular flexibility index (Phi) is 4.33. The molecule has 0 aliphatic carbocycles. The minimum Gasteiger partial charge on any atom is -0.481 e. The maximum Gasteiger partial charge on any atom is 0.309 e. The Morgan fingerprint density at radius 3 is 2.30 bits per heavy atom. The van der Waals surface area contributed by atoms with E-state index in [4.69, 9.17) is 16.7 Å². The molecule has 1 amide bonds. The Balaban J connectivity index is 1.92. The van der Waals surface area contributed by atoms with E-state index in [1.165, 1.54) is 0 Å². The van der Waals surface area contributed by atoms with Crippen LogP contribution < -0.4 is 0 Å². The van der Waals surface area contributed by atoms with Gasteiger partial charge in [0, 0.05) is 18.1 Å². The largest absolute Gasteiger partial charge is 0.481 e. The summed E-state index contributed by atoms with van der Waals surface area (Å²) in [5, 5.41) is 9.82. The third-order valence-corrected chi connectivity index (χ3v) is 4.26. The van der Waals surface area contributed by atoms with Crippen LogP contribution in [0, 0.1) is 5.41 Å². The summed E-state index contributed by atoms with van der Waals surface area (Å²) in [6.45, 7) is 2.76. The maximum atomic E-state index is 12.2. The molecule has 0 aromatic heterocycles. The van der Waals surface area contributed by atoms with E-state index >= 15 is 0 Å². The number of carboxylic acids is 1. The Hall–Kier alpha value is -1.55. The zero-order valence-corrected chi connectivity index (χ0v) is 12.2. The van der Waals surface area contributed by atoms with Crippen LogP contribution in [-0.4, -0.2) is 35.0 Å². The lowest BCUT2D eigenvalue weighted by Gasteiger charge is -2.36. The second-order valence-electron chi connectivity index (χ2n) is 5.55. The SMILES string of the molecule is CC1(C(=O)O)CCN(C(=O)Cc2ccc(Cl)cc2)CC1. The van der Waals surface area contributed by atoms with Crippen LogP contribution in [0.25, 0.3) is 0 Å². The number of likely N-dealkylation sites (tertiary alicyclic amines) is 1. The van der Waals surface area contributed by atoms with Crippen molar-refractivity contribution >= 4 is 23.5 Å². The Labute approximate surface area is 123 Å². The molecule has 1 aromatic carbocycles. The molecule has 0 bridgehead atoms. The molecule has 5 heteroatoms. The highest BCUT2D eigenvalue weighted by Crippen LogP contribution is 2.31. The molecule has 2 rings (SSSR count). The molecule has 0 unspecified atom stereocenters. The average molecular weight is 296 g/mol. The molecule has 20 heavy (non-hydrogen) atoms. The minimum absolute atomic E-state index is 0.0414. The van der Waals surface area contributed by atoms with Gasteiger partial charge in [0.25, 0.3) is 0 Å². The number of hydrogen-bond donors (Lipinski definition) is 1. The Bertz CT molecular complexity index is 504. The summed E-state index contributed by atoms with van der Waals surface area (Å²) in [7, 11) is 0. The van der Waals surface area contributed by atoms with E-state index in [1.807, 2.05) is 12.1 Å². The summed E-state index contributed by atoms with van der Waals surface area (Å²) in [5.74, 6) is -0.734. The monoisotopic (exact) mass is 295 g/mol. The Morgan fingerprint density at radius 2 is 1.80 bits per heavy atom. The van der Waals surface area contributed by atoms with Crippen molar-refractivity contribution < 1.29 is 14.7 Å². The minimum atomic E-state index is -0.776. The van der Waals surface area contributed by atoms with Crippen molar-refractivity contribution in [2.75, 3.05) is 13.1 Å². The lowest BCUT2D eigenvalue weighted by atomic mass is 9.80. The number of nitrogens with zero attached hydrogens (tertiary/aromatic N) is 1. The third kappa shape index (κ3) is 3.31. The quantitative estimate of drug-likeness (QED) is 0.932. The molecule has 1 aliphatic heterocycles. The molecule has 1 aromatic rings. The molecule has 108 valence electrons. The highest BCUT2D eigenvalue weighted by atomic mass is 35.5. The lowest BCUT2D eigenvalue weighted by molar-refractivity contribution is -0.152. The van der Waals surface area contributed by atoms with Crippen molar-refractivity contribution in [3.63, 3.8) is 0 Å². The van der Waals surface area contributed by atoms with Crippen LogP contribution in [0.1, 0.15) is 25.3 Å². The van der Waals surface area contributed by atoms with Gasteiger partial charge in [-0.25, -0.2) is 0 Å². The van der Waals surface area contributed by atoms with E-state index in [-0.39, 0.29) is 5.91 Å². The fraction of sp³-hybridized carbons (Fsp3) is 0.467. The first-order valence-electron chi connectivity index (χ1n) is 6.66. The van der Waals surface area contributed by atoms with Crippen LogP contribution in [0.2, 0.25) is 5.02 Å². The first-order chi connectivity index (χ1) is 9.40. The number of hydrogen-bond acceptors (Lipinski definition) is 2. The van der Waals surface area contributed by atoms with E-state index in [0.717, 1.165) is 5.56 Å². The van der Waals surface area contributed by atoms with Crippen LogP contribution >= 0.6 is 11.6 Å². The number of piperidine rings is 1. The lowest BCUT2D eigenvalue weighted by Crippen LogP contribution is -2.45. The molecule has 0 radical (unpaired) electrons. The fourth-order valence-electron chi connectivity index (χ4n) is 2.35. The van der Waals surface area contributed by atoms with E-state index in [9.17, 15) is 9.59 Å². The molecule has 1 N–H and O–H groups in total. The van der Waals surface area contributed by atoms with Crippen LogP contribution in [0.4, 0.5) is 0 Å². The van der Waals surface area contributed by atoms with Crippen molar-refractivity contribution in [2.24, 2.45) is 5.41 Å². The van der Waals surface area contributed by atoms with Gasteiger partial charge in [-0.2, -0.15) is 0 Å². The smallest absolute Gasteiger partial charge is 0.309 e. The summed E-state index contributed by atoms with van der Waals surface area (Å²) >= 11 is 5.81. The van der Waals surface area contributed by atoms with Crippen LogP contribution in [0.15, 0.2) is 24.3 Å². The van der Waals surface area contributed by atoms with Crippen LogP contribution in [0.3, 0.4) is 0 Å². The molecule has 0 saturated carbocycles. The van der Waals surface area contributed by atoms with Gasteiger partial charge >= 0.3 is 5.97 Å². The molecule has 1 aliphatic rings. The summed E-state index contributed by atoms with van der Waals surface area (Å²) in [4.78, 5) is 25.1. The highest BCUT2D eigenvalue weighted by Gasteiger charge is 2.37. The Morgan fingerprint density at radius 1 is 1.25 bits per heavy atom. The number of amides is 1. The topological polar surface area (TPSA) is 57.6 Å². The maximum absolute atomic E-state index is 12.2. The van der Waals surface area contributed by atoms with Crippen LogP contribution in [-0.2, 0) is 16.0 Å². The number of carboxylic acid groups (broad SMARTS) is 1. The number of halogens is 1.